The SMILES string of the molecule is c1ccc2ccc(COCc3c4ccccc4cc4ccccc34)c-2cc1. The summed E-state index contributed by atoms with van der Waals surface area (Å²) in [5.41, 5.74) is 5.04. The zero-order valence-corrected chi connectivity index (χ0v) is 15.1. The van der Waals surface area contributed by atoms with Crippen LogP contribution >= 0.6 is 0 Å². The molecule has 0 heterocycles. The molecule has 3 aromatic carbocycles. The second-order valence-corrected chi connectivity index (χ2v) is 6.93. The summed E-state index contributed by atoms with van der Waals surface area (Å²) in [6.45, 7) is 1.22. The van der Waals surface area contributed by atoms with Crippen LogP contribution in [0.15, 0.2) is 97.1 Å². The Kier molecular flexibility index (Phi) is 4.08. The van der Waals surface area contributed by atoms with Gasteiger partial charge >= 0.3 is 0 Å². The van der Waals surface area contributed by atoms with E-state index in [0.29, 0.717) is 13.2 Å². The summed E-state index contributed by atoms with van der Waals surface area (Å²) in [7, 11) is 0. The van der Waals surface area contributed by atoms with E-state index < -0.39 is 0 Å². The van der Waals surface area contributed by atoms with Gasteiger partial charge in [0.2, 0.25) is 0 Å². The molecule has 0 amide bonds. The second kappa shape index (κ2) is 6.86. The van der Waals surface area contributed by atoms with Crippen LogP contribution in [0.5, 0.6) is 0 Å². The molecule has 27 heavy (non-hydrogen) atoms. The molecule has 2 aliphatic rings. The standard InChI is InChI=1S/C26H20O/c1-2-8-19-14-15-22(23(19)11-3-1)17-27-18-26-24-12-6-4-9-20(24)16-21-10-5-7-13-25(21)26/h1-16H,17-18H2. The van der Waals surface area contributed by atoms with E-state index in [9.17, 15) is 0 Å². The molecule has 0 saturated carbocycles. The molecule has 1 nitrogen and oxygen atoms in total. The number of benzene rings is 3. The Hall–Kier alpha value is -3.16. The summed E-state index contributed by atoms with van der Waals surface area (Å²) in [5, 5.41) is 5.08. The number of hydrogen-bond donors (Lipinski definition) is 0. The molecule has 0 bridgehead atoms. The van der Waals surface area contributed by atoms with Gasteiger partial charge in [-0.2, -0.15) is 0 Å². The smallest absolute Gasteiger partial charge is 0.0733 e. The number of fused-ring (bicyclic) bond motifs is 3. The summed E-state index contributed by atoms with van der Waals surface area (Å²) < 4.78 is 6.22. The zero-order valence-electron chi connectivity index (χ0n) is 15.1. The molecule has 0 aliphatic heterocycles. The molecule has 0 saturated heterocycles. The predicted molar refractivity (Wildman–Crippen MR) is 113 cm³/mol. The normalized spacial score (nSPS) is 11.4. The third-order valence-electron chi connectivity index (χ3n) is 5.27. The van der Waals surface area contributed by atoms with E-state index in [2.05, 4.69) is 97.1 Å². The third kappa shape index (κ3) is 2.97. The minimum absolute atomic E-state index is 0.605. The van der Waals surface area contributed by atoms with Gasteiger partial charge in [-0.15, -0.1) is 0 Å². The van der Waals surface area contributed by atoms with Crippen LogP contribution in [0.25, 0.3) is 32.7 Å². The highest BCUT2D eigenvalue weighted by molar-refractivity contribution is 6.02. The summed E-state index contributed by atoms with van der Waals surface area (Å²) in [4.78, 5) is 0. The number of ether oxygens (including phenoxy) is 1. The zero-order chi connectivity index (χ0) is 18.1. The largest absolute Gasteiger partial charge is 0.372 e. The lowest BCUT2D eigenvalue weighted by Crippen LogP contribution is -1.96. The van der Waals surface area contributed by atoms with Crippen molar-refractivity contribution in [3.05, 3.63) is 108 Å². The molecule has 0 N–H and O–H groups in total. The second-order valence-electron chi connectivity index (χ2n) is 6.93. The van der Waals surface area contributed by atoms with E-state index in [0.717, 1.165) is 0 Å². The lowest BCUT2D eigenvalue weighted by Gasteiger charge is -2.12. The lowest BCUT2D eigenvalue weighted by molar-refractivity contribution is 0.109. The van der Waals surface area contributed by atoms with Crippen LogP contribution in [-0.4, -0.2) is 0 Å². The summed E-state index contributed by atoms with van der Waals surface area (Å²) >= 11 is 0. The molecular weight excluding hydrogens is 328 g/mol. The van der Waals surface area contributed by atoms with Gasteiger partial charge in [-0.3, -0.25) is 0 Å². The summed E-state index contributed by atoms with van der Waals surface area (Å²) in [6, 6.07) is 34.3. The van der Waals surface area contributed by atoms with Gasteiger partial charge in [0.25, 0.3) is 0 Å². The van der Waals surface area contributed by atoms with Crippen molar-refractivity contribution < 1.29 is 4.74 Å². The maximum atomic E-state index is 6.22. The molecule has 1 heteroatoms. The van der Waals surface area contributed by atoms with Crippen molar-refractivity contribution in [2.75, 3.05) is 0 Å². The first-order chi connectivity index (χ1) is 13.4. The first-order valence-electron chi connectivity index (χ1n) is 9.34. The molecule has 0 spiro atoms. The molecule has 5 rings (SSSR count). The fourth-order valence-corrected chi connectivity index (χ4v) is 3.93. The van der Waals surface area contributed by atoms with E-state index in [1.54, 1.807) is 0 Å². The highest BCUT2D eigenvalue weighted by Crippen LogP contribution is 2.31. The Morgan fingerprint density at radius 2 is 1.22 bits per heavy atom. The van der Waals surface area contributed by atoms with Crippen molar-refractivity contribution in [3.8, 4) is 11.1 Å². The van der Waals surface area contributed by atoms with Crippen LogP contribution in [0.1, 0.15) is 11.1 Å². The first-order valence-corrected chi connectivity index (χ1v) is 9.34. The van der Waals surface area contributed by atoms with Gasteiger partial charge in [0.1, 0.15) is 0 Å². The molecular formula is C26H20O. The van der Waals surface area contributed by atoms with E-state index in [1.807, 2.05) is 0 Å². The van der Waals surface area contributed by atoms with Crippen molar-refractivity contribution >= 4 is 21.5 Å². The van der Waals surface area contributed by atoms with Crippen molar-refractivity contribution in [2.24, 2.45) is 0 Å². The van der Waals surface area contributed by atoms with Gasteiger partial charge in [0, 0.05) is 0 Å². The number of rotatable bonds is 4. The van der Waals surface area contributed by atoms with Crippen LogP contribution in [0.3, 0.4) is 0 Å². The van der Waals surface area contributed by atoms with E-state index >= 15 is 0 Å². The Bertz CT molecular complexity index is 1150. The van der Waals surface area contributed by atoms with E-state index in [4.69, 9.17) is 4.74 Å². The quantitative estimate of drug-likeness (QED) is 0.324. The minimum Gasteiger partial charge on any atom is -0.372 e. The van der Waals surface area contributed by atoms with Crippen molar-refractivity contribution in [3.63, 3.8) is 0 Å². The van der Waals surface area contributed by atoms with Crippen molar-refractivity contribution in [1.82, 2.24) is 0 Å². The Morgan fingerprint density at radius 1 is 0.556 bits per heavy atom. The van der Waals surface area contributed by atoms with Crippen molar-refractivity contribution in [2.45, 2.75) is 13.2 Å². The molecule has 2 aliphatic carbocycles. The average Bonchev–Trinajstić information content (AvgIpc) is 2.93. The van der Waals surface area contributed by atoms with Gasteiger partial charge in [-0.05, 0) is 49.9 Å². The van der Waals surface area contributed by atoms with E-state index in [-0.39, 0.29) is 0 Å². The molecule has 0 unspecified atom stereocenters. The van der Waals surface area contributed by atoms with Gasteiger partial charge in [-0.1, -0.05) is 91.0 Å². The summed E-state index contributed by atoms with van der Waals surface area (Å²) in [6.07, 6.45) is 0. The van der Waals surface area contributed by atoms with Crippen molar-refractivity contribution in [1.29, 1.82) is 0 Å². The van der Waals surface area contributed by atoms with Crippen LogP contribution < -0.4 is 0 Å². The van der Waals surface area contributed by atoms with E-state index in [1.165, 1.54) is 43.8 Å². The van der Waals surface area contributed by atoms with Crippen LogP contribution in [-0.2, 0) is 18.0 Å². The van der Waals surface area contributed by atoms with Gasteiger partial charge in [0.15, 0.2) is 0 Å². The maximum Gasteiger partial charge on any atom is 0.0733 e. The molecule has 0 radical (unpaired) electrons. The molecule has 3 aromatic rings. The van der Waals surface area contributed by atoms with Gasteiger partial charge < -0.3 is 4.74 Å². The van der Waals surface area contributed by atoms with Gasteiger partial charge in [-0.25, -0.2) is 0 Å². The summed E-state index contributed by atoms with van der Waals surface area (Å²) in [5.74, 6) is 0. The van der Waals surface area contributed by atoms with Crippen LogP contribution in [0.2, 0.25) is 0 Å². The molecule has 0 aromatic heterocycles. The monoisotopic (exact) mass is 348 g/mol. The highest BCUT2D eigenvalue weighted by Gasteiger charge is 2.10. The average molecular weight is 348 g/mol. The lowest BCUT2D eigenvalue weighted by atomic mass is 9.97. The highest BCUT2D eigenvalue weighted by atomic mass is 16.5. The maximum absolute atomic E-state index is 6.22. The predicted octanol–water partition coefficient (Wildman–Crippen LogP) is 6.81. The Morgan fingerprint density at radius 3 is 2.00 bits per heavy atom. The van der Waals surface area contributed by atoms with Crippen LogP contribution in [0, 0.1) is 0 Å². The molecule has 0 fully saturated rings. The fourth-order valence-electron chi connectivity index (χ4n) is 3.93. The fraction of sp³-hybridized carbons (Fsp3) is 0.0769. The van der Waals surface area contributed by atoms with Gasteiger partial charge in [0.05, 0.1) is 13.2 Å². The molecule has 0 atom stereocenters. The third-order valence-corrected chi connectivity index (χ3v) is 5.27. The number of hydrogen-bond acceptors (Lipinski definition) is 1. The Balaban J connectivity index is 1.48. The van der Waals surface area contributed by atoms with Crippen LogP contribution in [0.4, 0.5) is 0 Å². The molecule has 130 valence electrons. The minimum atomic E-state index is 0.605. The Labute approximate surface area is 159 Å². The topological polar surface area (TPSA) is 9.23 Å². The first kappa shape index (κ1) is 16.0.